The van der Waals surface area contributed by atoms with E-state index in [4.69, 9.17) is 0 Å². The number of nitrogens with zero attached hydrogens (tertiary/aromatic N) is 3. The summed E-state index contributed by atoms with van der Waals surface area (Å²) in [4.78, 5) is 7.91. The third-order valence-electron chi connectivity index (χ3n) is 6.02. The molecule has 4 rings (SSSR count). The van der Waals surface area contributed by atoms with E-state index in [0.29, 0.717) is 18.4 Å². The third kappa shape index (κ3) is 3.57. The first-order valence-electron chi connectivity index (χ1n) is 10.00. The predicted molar refractivity (Wildman–Crippen MR) is 107 cm³/mol. The molecule has 0 bridgehead atoms. The summed E-state index contributed by atoms with van der Waals surface area (Å²) in [6.07, 6.45) is 5.75. The Labute approximate surface area is 158 Å². The highest BCUT2D eigenvalue weighted by molar-refractivity contribution is 5.18. The maximum atomic E-state index is 2.75. The maximum absolute atomic E-state index is 2.75. The van der Waals surface area contributed by atoms with E-state index in [2.05, 4.69) is 89.5 Å². The van der Waals surface area contributed by atoms with Crippen LogP contribution in [-0.4, -0.2) is 47.2 Å². The van der Waals surface area contributed by atoms with Crippen LogP contribution in [0.3, 0.4) is 0 Å². The molecule has 2 aromatic carbocycles. The topological polar surface area (TPSA) is 9.72 Å². The zero-order valence-corrected chi connectivity index (χ0v) is 16.1. The van der Waals surface area contributed by atoms with Gasteiger partial charge in [-0.05, 0) is 38.1 Å². The molecule has 1 saturated carbocycles. The molecule has 0 amide bonds. The highest BCUT2D eigenvalue weighted by atomic mass is 15.6. The Balaban J connectivity index is 1.63. The Kier molecular flexibility index (Phi) is 5.39. The van der Waals surface area contributed by atoms with Crippen molar-refractivity contribution in [3.63, 3.8) is 0 Å². The molecule has 3 heteroatoms. The molecular weight excluding hydrogens is 318 g/mol. The van der Waals surface area contributed by atoms with Crippen LogP contribution in [0, 0.1) is 0 Å². The van der Waals surface area contributed by atoms with Crippen LogP contribution >= 0.6 is 0 Å². The molecule has 0 spiro atoms. The van der Waals surface area contributed by atoms with Gasteiger partial charge in [0.15, 0.2) is 0 Å². The number of hydrogen-bond acceptors (Lipinski definition) is 3. The SMILES string of the molecule is CN(C)C1N(Cc2ccccc2)[C@H]2CCCC[C@@H]2N1Cc1ccccc1. The van der Waals surface area contributed by atoms with Crippen LogP contribution in [0.2, 0.25) is 0 Å². The summed E-state index contributed by atoms with van der Waals surface area (Å²) < 4.78 is 0. The lowest BCUT2D eigenvalue weighted by atomic mass is 9.90. The molecule has 2 aromatic rings. The Morgan fingerprint density at radius 3 is 1.54 bits per heavy atom. The smallest absolute Gasteiger partial charge is 0.120 e. The van der Waals surface area contributed by atoms with Gasteiger partial charge in [-0.3, -0.25) is 14.7 Å². The van der Waals surface area contributed by atoms with Gasteiger partial charge in [0.2, 0.25) is 0 Å². The Bertz CT molecular complexity index is 628. The average molecular weight is 350 g/mol. The van der Waals surface area contributed by atoms with E-state index in [1.807, 2.05) is 0 Å². The second-order valence-electron chi connectivity index (χ2n) is 8.05. The quantitative estimate of drug-likeness (QED) is 0.802. The van der Waals surface area contributed by atoms with E-state index in [1.54, 1.807) is 0 Å². The summed E-state index contributed by atoms with van der Waals surface area (Å²) >= 11 is 0. The molecule has 3 nitrogen and oxygen atoms in total. The number of benzene rings is 2. The minimum Gasteiger partial charge on any atom is -0.282 e. The fraction of sp³-hybridized carbons (Fsp3) is 0.478. The number of rotatable bonds is 5. The number of hydrogen-bond donors (Lipinski definition) is 0. The molecule has 0 aromatic heterocycles. The standard InChI is InChI=1S/C23H31N3/c1-24(2)23-25(17-19-11-5-3-6-12-19)21-15-9-10-16-22(21)26(23)18-20-13-7-4-8-14-20/h3-8,11-14,21-23H,9-10,15-18H2,1-2H3/t21-,22-/m0/s1. The fourth-order valence-electron chi connectivity index (χ4n) is 4.98. The summed E-state index contributed by atoms with van der Waals surface area (Å²) in [6.45, 7) is 2.08. The van der Waals surface area contributed by atoms with Crippen LogP contribution in [-0.2, 0) is 13.1 Å². The predicted octanol–water partition coefficient (Wildman–Crippen LogP) is 4.16. The van der Waals surface area contributed by atoms with Crippen molar-refractivity contribution in [3.05, 3.63) is 71.8 Å². The van der Waals surface area contributed by atoms with Gasteiger partial charge in [-0.1, -0.05) is 73.5 Å². The molecule has 1 aliphatic heterocycles. The van der Waals surface area contributed by atoms with E-state index < -0.39 is 0 Å². The van der Waals surface area contributed by atoms with Gasteiger partial charge in [-0.25, -0.2) is 0 Å². The van der Waals surface area contributed by atoms with Crippen molar-refractivity contribution in [3.8, 4) is 0 Å². The van der Waals surface area contributed by atoms with E-state index in [9.17, 15) is 0 Å². The van der Waals surface area contributed by atoms with Gasteiger partial charge in [0.05, 0.1) is 0 Å². The van der Waals surface area contributed by atoms with Crippen LogP contribution in [0.25, 0.3) is 0 Å². The van der Waals surface area contributed by atoms with Crippen molar-refractivity contribution in [1.29, 1.82) is 0 Å². The summed E-state index contributed by atoms with van der Waals surface area (Å²) in [5, 5.41) is 0. The summed E-state index contributed by atoms with van der Waals surface area (Å²) in [7, 11) is 4.47. The molecule has 0 unspecified atom stereocenters. The monoisotopic (exact) mass is 349 g/mol. The van der Waals surface area contributed by atoms with Gasteiger partial charge in [0, 0.05) is 25.2 Å². The molecule has 138 valence electrons. The molecule has 0 N–H and O–H groups in total. The second kappa shape index (κ2) is 7.91. The van der Waals surface area contributed by atoms with Gasteiger partial charge in [-0.15, -0.1) is 0 Å². The first-order chi connectivity index (χ1) is 12.7. The van der Waals surface area contributed by atoms with Gasteiger partial charge in [-0.2, -0.15) is 0 Å². The van der Waals surface area contributed by atoms with Crippen LogP contribution in [0.1, 0.15) is 36.8 Å². The first kappa shape index (κ1) is 17.7. The lowest BCUT2D eigenvalue weighted by molar-refractivity contribution is -0.00655. The molecule has 1 heterocycles. The van der Waals surface area contributed by atoms with Crippen LogP contribution < -0.4 is 0 Å². The molecule has 26 heavy (non-hydrogen) atoms. The highest BCUT2D eigenvalue weighted by Crippen LogP contribution is 2.39. The second-order valence-corrected chi connectivity index (χ2v) is 8.05. The normalized spacial score (nSPS) is 24.9. The zero-order chi connectivity index (χ0) is 17.9. The molecule has 2 aliphatic rings. The van der Waals surface area contributed by atoms with Gasteiger partial charge in [0.25, 0.3) is 0 Å². The number of fused-ring (bicyclic) bond motifs is 1. The first-order valence-corrected chi connectivity index (χ1v) is 10.00. The fourth-order valence-corrected chi connectivity index (χ4v) is 4.98. The van der Waals surface area contributed by atoms with E-state index in [1.165, 1.54) is 36.8 Å². The van der Waals surface area contributed by atoms with Crippen LogP contribution in [0.4, 0.5) is 0 Å². The zero-order valence-electron chi connectivity index (χ0n) is 16.1. The van der Waals surface area contributed by atoms with Crippen molar-refractivity contribution >= 4 is 0 Å². The Hall–Kier alpha value is -1.68. The Morgan fingerprint density at radius 1 is 0.731 bits per heavy atom. The van der Waals surface area contributed by atoms with Gasteiger partial charge >= 0.3 is 0 Å². The van der Waals surface area contributed by atoms with Crippen molar-refractivity contribution in [1.82, 2.24) is 14.7 Å². The summed E-state index contributed by atoms with van der Waals surface area (Å²) in [5.41, 5.74) is 2.84. The van der Waals surface area contributed by atoms with Crippen molar-refractivity contribution in [2.75, 3.05) is 14.1 Å². The summed E-state index contributed by atoms with van der Waals surface area (Å²) in [6, 6.07) is 23.3. The summed E-state index contributed by atoms with van der Waals surface area (Å²) in [5.74, 6) is 0. The van der Waals surface area contributed by atoms with Crippen LogP contribution in [0.5, 0.6) is 0 Å². The average Bonchev–Trinajstić information content (AvgIpc) is 2.97. The highest BCUT2D eigenvalue weighted by Gasteiger charge is 2.48. The van der Waals surface area contributed by atoms with E-state index in [-0.39, 0.29) is 0 Å². The lowest BCUT2D eigenvalue weighted by Gasteiger charge is -2.36. The minimum absolute atomic E-state index is 0.364. The Morgan fingerprint density at radius 2 is 1.15 bits per heavy atom. The molecule has 2 fully saturated rings. The molecule has 0 radical (unpaired) electrons. The van der Waals surface area contributed by atoms with Gasteiger partial charge < -0.3 is 0 Å². The van der Waals surface area contributed by atoms with Gasteiger partial charge in [0.1, 0.15) is 6.29 Å². The van der Waals surface area contributed by atoms with Crippen LogP contribution in [0.15, 0.2) is 60.7 Å². The molecule has 1 aliphatic carbocycles. The molecular formula is C23H31N3. The molecule has 2 atom stereocenters. The minimum atomic E-state index is 0.364. The van der Waals surface area contributed by atoms with Crippen molar-refractivity contribution in [2.45, 2.75) is 57.1 Å². The van der Waals surface area contributed by atoms with Crippen molar-refractivity contribution in [2.24, 2.45) is 0 Å². The van der Waals surface area contributed by atoms with E-state index >= 15 is 0 Å². The van der Waals surface area contributed by atoms with Crippen molar-refractivity contribution < 1.29 is 0 Å². The lowest BCUT2D eigenvalue weighted by Crippen LogP contribution is -2.49. The van der Waals surface area contributed by atoms with E-state index in [0.717, 1.165) is 13.1 Å². The third-order valence-corrected chi connectivity index (χ3v) is 6.02. The largest absolute Gasteiger partial charge is 0.282 e. The molecule has 1 saturated heterocycles. The maximum Gasteiger partial charge on any atom is 0.120 e.